The Labute approximate surface area is 122 Å². The van der Waals surface area contributed by atoms with Crippen LogP contribution in [0, 0.1) is 3.57 Å². The van der Waals surface area contributed by atoms with Crippen LogP contribution in [-0.2, 0) is 14.8 Å². The molecule has 1 aliphatic rings. The smallest absolute Gasteiger partial charge is 0.243 e. The second-order valence-electron chi connectivity index (χ2n) is 4.53. The fraction of sp³-hybridized carbons (Fsp3) is 0.500. The predicted octanol–water partition coefficient (Wildman–Crippen LogP) is 2.09. The second-order valence-corrected chi connectivity index (χ2v) is 7.72. The molecule has 0 saturated carbocycles. The lowest BCUT2D eigenvalue weighted by atomic mass is 10.3. The highest BCUT2D eigenvalue weighted by Gasteiger charge is 2.31. The van der Waals surface area contributed by atoms with Crippen molar-refractivity contribution >= 4 is 32.6 Å². The zero-order valence-corrected chi connectivity index (χ0v) is 13.3. The molecule has 6 heteroatoms. The van der Waals surface area contributed by atoms with Gasteiger partial charge in [-0.1, -0.05) is 0 Å². The molecule has 1 aromatic carbocycles. The van der Waals surface area contributed by atoms with E-state index in [2.05, 4.69) is 22.6 Å². The number of hydrogen-bond acceptors (Lipinski definition) is 3. The summed E-state index contributed by atoms with van der Waals surface area (Å²) >= 11 is 2.16. The first-order chi connectivity index (χ1) is 8.39. The van der Waals surface area contributed by atoms with Gasteiger partial charge in [-0.3, -0.25) is 0 Å². The van der Waals surface area contributed by atoms with Gasteiger partial charge in [0.05, 0.1) is 17.1 Å². The highest BCUT2D eigenvalue weighted by atomic mass is 127. The maximum Gasteiger partial charge on any atom is 0.243 e. The van der Waals surface area contributed by atoms with E-state index in [9.17, 15) is 8.42 Å². The summed E-state index contributed by atoms with van der Waals surface area (Å²) in [4.78, 5) is 0.351. The standard InChI is InChI=1S/C12H16INO3S/c1-9-7-14(8-10(2)17-9)18(15,16)12-5-3-11(13)4-6-12/h3-6,9-10H,7-8H2,1-2H3. The van der Waals surface area contributed by atoms with E-state index in [-0.39, 0.29) is 12.2 Å². The number of rotatable bonds is 2. The average Bonchev–Trinajstić information content (AvgIpc) is 2.28. The Morgan fingerprint density at radius 3 is 2.17 bits per heavy atom. The molecule has 0 amide bonds. The molecule has 1 aromatic rings. The van der Waals surface area contributed by atoms with E-state index < -0.39 is 10.0 Å². The molecule has 18 heavy (non-hydrogen) atoms. The van der Waals surface area contributed by atoms with Gasteiger partial charge in [-0.25, -0.2) is 8.42 Å². The van der Waals surface area contributed by atoms with Gasteiger partial charge in [-0.2, -0.15) is 4.31 Å². The topological polar surface area (TPSA) is 46.6 Å². The van der Waals surface area contributed by atoms with Crippen molar-refractivity contribution in [1.29, 1.82) is 0 Å². The van der Waals surface area contributed by atoms with Crippen LogP contribution in [0.25, 0.3) is 0 Å². The quantitative estimate of drug-likeness (QED) is 0.738. The van der Waals surface area contributed by atoms with Crippen LogP contribution in [0.5, 0.6) is 0 Å². The van der Waals surface area contributed by atoms with Crippen molar-refractivity contribution in [1.82, 2.24) is 4.31 Å². The molecule has 0 spiro atoms. The molecule has 0 N–H and O–H groups in total. The third-order valence-corrected chi connectivity index (χ3v) is 5.40. The van der Waals surface area contributed by atoms with E-state index in [0.29, 0.717) is 18.0 Å². The van der Waals surface area contributed by atoms with Crippen molar-refractivity contribution in [3.63, 3.8) is 0 Å². The second kappa shape index (κ2) is 5.44. The fourth-order valence-corrected chi connectivity index (χ4v) is 4.03. The van der Waals surface area contributed by atoms with Crippen LogP contribution >= 0.6 is 22.6 Å². The number of sulfonamides is 1. The minimum Gasteiger partial charge on any atom is -0.373 e. The summed E-state index contributed by atoms with van der Waals surface area (Å²) in [5, 5.41) is 0. The van der Waals surface area contributed by atoms with Gasteiger partial charge in [-0.15, -0.1) is 0 Å². The van der Waals surface area contributed by atoms with Gasteiger partial charge >= 0.3 is 0 Å². The van der Waals surface area contributed by atoms with Crippen LogP contribution in [0.4, 0.5) is 0 Å². The molecule has 0 aromatic heterocycles. The monoisotopic (exact) mass is 381 g/mol. The Balaban J connectivity index is 2.28. The lowest BCUT2D eigenvalue weighted by Gasteiger charge is -2.34. The van der Waals surface area contributed by atoms with Gasteiger partial charge in [0.15, 0.2) is 0 Å². The van der Waals surface area contributed by atoms with Gasteiger partial charge in [0.1, 0.15) is 0 Å². The maximum absolute atomic E-state index is 12.5. The molecule has 100 valence electrons. The van der Waals surface area contributed by atoms with E-state index in [0.717, 1.165) is 3.57 Å². The molecule has 4 nitrogen and oxygen atoms in total. The third kappa shape index (κ3) is 3.04. The van der Waals surface area contributed by atoms with Gasteiger partial charge < -0.3 is 4.74 Å². The maximum atomic E-state index is 12.5. The number of morpholine rings is 1. The van der Waals surface area contributed by atoms with E-state index in [1.54, 1.807) is 24.3 Å². The third-order valence-electron chi connectivity index (χ3n) is 2.84. The van der Waals surface area contributed by atoms with Crippen LogP contribution in [0.3, 0.4) is 0 Å². The molecule has 2 unspecified atom stereocenters. The molecular weight excluding hydrogens is 365 g/mol. The molecular formula is C12H16INO3S. The summed E-state index contributed by atoms with van der Waals surface area (Å²) in [7, 11) is -3.39. The van der Waals surface area contributed by atoms with Crippen molar-refractivity contribution in [2.24, 2.45) is 0 Å². The van der Waals surface area contributed by atoms with E-state index in [4.69, 9.17) is 4.74 Å². The molecule has 2 atom stereocenters. The van der Waals surface area contributed by atoms with Crippen molar-refractivity contribution in [3.8, 4) is 0 Å². The fourth-order valence-electron chi connectivity index (χ4n) is 2.08. The van der Waals surface area contributed by atoms with Crippen LogP contribution in [0.1, 0.15) is 13.8 Å². The Hall–Kier alpha value is -0.180. The zero-order chi connectivity index (χ0) is 13.3. The number of ether oxygens (including phenoxy) is 1. The summed E-state index contributed by atoms with van der Waals surface area (Å²) in [6.45, 7) is 4.62. The SMILES string of the molecule is CC1CN(S(=O)(=O)c2ccc(I)cc2)CC(C)O1. The van der Waals surface area contributed by atoms with Gasteiger partial charge in [-0.05, 0) is 60.7 Å². The van der Waals surface area contributed by atoms with Crippen LogP contribution in [0.2, 0.25) is 0 Å². The number of nitrogens with zero attached hydrogens (tertiary/aromatic N) is 1. The lowest BCUT2D eigenvalue weighted by Crippen LogP contribution is -2.48. The lowest BCUT2D eigenvalue weighted by molar-refractivity contribution is -0.0440. The van der Waals surface area contributed by atoms with Crippen molar-refractivity contribution in [2.45, 2.75) is 31.0 Å². The largest absolute Gasteiger partial charge is 0.373 e. The minimum absolute atomic E-state index is 0.0626. The Morgan fingerprint density at radius 2 is 1.67 bits per heavy atom. The summed E-state index contributed by atoms with van der Waals surface area (Å²) in [6.07, 6.45) is -0.125. The van der Waals surface area contributed by atoms with E-state index >= 15 is 0 Å². The molecule has 1 fully saturated rings. The predicted molar refractivity (Wildman–Crippen MR) is 77.9 cm³/mol. The molecule has 1 aliphatic heterocycles. The van der Waals surface area contributed by atoms with E-state index in [1.165, 1.54) is 4.31 Å². The Morgan fingerprint density at radius 1 is 1.17 bits per heavy atom. The highest BCUT2D eigenvalue weighted by Crippen LogP contribution is 2.21. The Bertz CT molecular complexity index is 505. The van der Waals surface area contributed by atoms with E-state index in [1.807, 2.05) is 13.8 Å². The molecule has 0 aliphatic carbocycles. The first-order valence-electron chi connectivity index (χ1n) is 5.81. The molecule has 2 rings (SSSR count). The molecule has 0 bridgehead atoms. The molecule has 0 radical (unpaired) electrons. The van der Waals surface area contributed by atoms with Crippen LogP contribution in [0.15, 0.2) is 29.2 Å². The average molecular weight is 381 g/mol. The first-order valence-corrected chi connectivity index (χ1v) is 8.32. The summed E-state index contributed by atoms with van der Waals surface area (Å²) in [5.74, 6) is 0. The summed E-state index contributed by atoms with van der Waals surface area (Å²) in [6, 6.07) is 6.92. The normalized spacial score (nSPS) is 26.2. The van der Waals surface area contributed by atoms with Crippen LogP contribution < -0.4 is 0 Å². The zero-order valence-electron chi connectivity index (χ0n) is 10.3. The minimum atomic E-state index is -3.39. The molecule has 1 heterocycles. The molecule has 1 saturated heterocycles. The van der Waals surface area contributed by atoms with Crippen molar-refractivity contribution in [2.75, 3.05) is 13.1 Å². The van der Waals surface area contributed by atoms with Crippen LogP contribution in [-0.4, -0.2) is 38.0 Å². The summed E-state index contributed by atoms with van der Waals surface area (Å²) in [5.41, 5.74) is 0. The van der Waals surface area contributed by atoms with Gasteiger partial charge in [0.25, 0.3) is 0 Å². The summed E-state index contributed by atoms with van der Waals surface area (Å²) < 4.78 is 33.0. The van der Waals surface area contributed by atoms with Gasteiger partial charge in [0.2, 0.25) is 10.0 Å². The van der Waals surface area contributed by atoms with Crippen molar-refractivity contribution in [3.05, 3.63) is 27.8 Å². The highest BCUT2D eigenvalue weighted by molar-refractivity contribution is 14.1. The van der Waals surface area contributed by atoms with Crippen molar-refractivity contribution < 1.29 is 13.2 Å². The number of benzene rings is 1. The van der Waals surface area contributed by atoms with Gasteiger partial charge in [0, 0.05) is 16.7 Å². The first kappa shape index (κ1) is 14.2. The number of halogens is 1. The number of hydrogen-bond donors (Lipinski definition) is 0. The Kier molecular flexibility index (Phi) is 4.30.